The second kappa shape index (κ2) is 10.5. The number of nitrogens with zero attached hydrogens (tertiary/aromatic N) is 1. The monoisotopic (exact) mass is 286 g/mol. The van der Waals surface area contributed by atoms with Crippen molar-refractivity contribution in [2.45, 2.75) is 53.4 Å². The molecule has 2 amide bonds. The minimum atomic E-state index is -0.853. The molecule has 20 heavy (non-hydrogen) atoms. The summed E-state index contributed by atoms with van der Waals surface area (Å²) in [7, 11) is 0. The number of carboxylic acid groups (broad SMARTS) is 1. The first-order valence-corrected chi connectivity index (χ1v) is 7.69. The Morgan fingerprint density at radius 3 is 1.95 bits per heavy atom. The third-order valence-corrected chi connectivity index (χ3v) is 3.45. The van der Waals surface area contributed by atoms with Gasteiger partial charge in [0.15, 0.2) is 0 Å². The fraction of sp³-hybridized carbons (Fsp3) is 0.867. The SMILES string of the molecule is CCCCN(CCCC)C(=O)NCC(C(=O)O)C(C)C. The summed E-state index contributed by atoms with van der Waals surface area (Å²) in [4.78, 5) is 25.0. The van der Waals surface area contributed by atoms with Gasteiger partial charge in [0, 0.05) is 19.6 Å². The predicted molar refractivity (Wildman–Crippen MR) is 80.8 cm³/mol. The summed E-state index contributed by atoms with van der Waals surface area (Å²) in [5, 5.41) is 11.9. The average molecular weight is 286 g/mol. The highest BCUT2D eigenvalue weighted by atomic mass is 16.4. The lowest BCUT2D eigenvalue weighted by Crippen LogP contribution is -2.44. The van der Waals surface area contributed by atoms with Crippen molar-refractivity contribution in [3.8, 4) is 0 Å². The van der Waals surface area contributed by atoms with Gasteiger partial charge >= 0.3 is 12.0 Å². The zero-order valence-corrected chi connectivity index (χ0v) is 13.3. The predicted octanol–water partition coefficient (Wildman–Crippen LogP) is 2.96. The lowest BCUT2D eigenvalue weighted by Gasteiger charge is -2.24. The lowest BCUT2D eigenvalue weighted by atomic mass is 9.96. The molecule has 5 nitrogen and oxygen atoms in total. The number of urea groups is 1. The van der Waals surface area contributed by atoms with Gasteiger partial charge in [-0.1, -0.05) is 40.5 Å². The lowest BCUT2D eigenvalue weighted by molar-refractivity contribution is -0.142. The van der Waals surface area contributed by atoms with Gasteiger partial charge in [0.05, 0.1) is 5.92 Å². The molecule has 0 bridgehead atoms. The number of hydrogen-bond donors (Lipinski definition) is 2. The first kappa shape index (κ1) is 18.7. The quantitative estimate of drug-likeness (QED) is 0.648. The molecule has 1 unspecified atom stereocenters. The van der Waals surface area contributed by atoms with E-state index < -0.39 is 11.9 Å². The van der Waals surface area contributed by atoms with Crippen LogP contribution in [0.5, 0.6) is 0 Å². The van der Waals surface area contributed by atoms with Crippen LogP contribution < -0.4 is 5.32 Å². The highest BCUT2D eigenvalue weighted by molar-refractivity contribution is 5.76. The third-order valence-electron chi connectivity index (χ3n) is 3.45. The fourth-order valence-electron chi connectivity index (χ4n) is 1.93. The number of nitrogens with one attached hydrogen (secondary N) is 1. The molecule has 0 aromatic heterocycles. The minimum absolute atomic E-state index is 0.00698. The van der Waals surface area contributed by atoms with Gasteiger partial charge in [0.2, 0.25) is 0 Å². The molecular weight excluding hydrogens is 256 g/mol. The number of aliphatic carboxylic acids is 1. The average Bonchev–Trinajstić information content (AvgIpc) is 2.38. The van der Waals surface area contributed by atoms with Crippen LogP contribution in [0.1, 0.15) is 53.4 Å². The molecule has 2 N–H and O–H groups in total. The molecule has 118 valence electrons. The second-order valence-electron chi connectivity index (χ2n) is 5.57. The summed E-state index contributed by atoms with van der Waals surface area (Å²) in [6.45, 7) is 9.57. The molecule has 0 fully saturated rings. The van der Waals surface area contributed by atoms with Crippen LogP contribution in [0.25, 0.3) is 0 Å². The maximum Gasteiger partial charge on any atom is 0.317 e. The van der Waals surface area contributed by atoms with E-state index in [1.807, 2.05) is 13.8 Å². The molecule has 0 aromatic carbocycles. The third kappa shape index (κ3) is 7.36. The van der Waals surface area contributed by atoms with Crippen molar-refractivity contribution in [2.75, 3.05) is 19.6 Å². The molecule has 5 heteroatoms. The van der Waals surface area contributed by atoms with E-state index in [4.69, 9.17) is 5.11 Å². The van der Waals surface area contributed by atoms with Crippen LogP contribution in [0.2, 0.25) is 0 Å². The van der Waals surface area contributed by atoms with Crippen LogP contribution >= 0.6 is 0 Å². The summed E-state index contributed by atoms with van der Waals surface area (Å²) in [5.41, 5.74) is 0. The van der Waals surface area contributed by atoms with Gasteiger partial charge in [-0.15, -0.1) is 0 Å². The van der Waals surface area contributed by atoms with Gasteiger partial charge in [0.1, 0.15) is 0 Å². The summed E-state index contributed by atoms with van der Waals surface area (Å²) in [6.07, 6.45) is 4.03. The first-order valence-electron chi connectivity index (χ1n) is 7.69. The highest BCUT2D eigenvalue weighted by Crippen LogP contribution is 2.10. The maximum absolute atomic E-state index is 12.1. The van der Waals surface area contributed by atoms with Gasteiger partial charge in [-0.3, -0.25) is 4.79 Å². The van der Waals surface area contributed by atoms with Gasteiger partial charge in [-0.25, -0.2) is 4.79 Å². The molecule has 0 rings (SSSR count). The zero-order chi connectivity index (χ0) is 15.5. The zero-order valence-electron chi connectivity index (χ0n) is 13.3. The van der Waals surface area contributed by atoms with Crippen LogP contribution in [0.15, 0.2) is 0 Å². The number of carbonyl (C=O) groups is 2. The van der Waals surface area contributed by atoms with Gasteiger partial charge in [0.25, 0.3) is 0 Å². The molecule has 0 heterocycles. The van der Waals surface area contributed by atoms with E-state index in [-0.39, 0.29) is 18.5 Å². The molecule has 0 saturated carbocycles. The van der Waals surface area contributed by atoms with Crippen molar-refractivity contribution in [1.82, 2.24) is 10.2 Å². The van der Waals surface area contributed by atoms with Crippen molar-refractivity contribution < 1.29 is 14.7 Å². The van der Waals surface area contributed by atoms with Crippen LogP contribution in [-0.4, -0.2) is 41.6 Å². The number of carbonyl (C=O) groups excluding carboxylic acids is 1. The molecule has 0 saturated heterocycles. The van der Waals surface area contributed by atoms with Crippen LogP contribution in [0, 0.1) is 11.8 Å². The molecular formula is C15H30N2O3. The molecule has 0 aromatic rings. The minimum Gasteiger partial charge on any atom is -0.481 e. The normalized spacial score (nSPS) is 12.2. The Morgan fingerprint density at radius 2 is 1.60 bits per heavy atom. The van der Waals surface area contributed by atoms with E-state index in [0.717, 1.165) is 38.8 Å². The highest BCUT2D eigenvalue weighted by Gasteiger charge is 2.23. The smallest absolute Gasteiger partial charge is 0.317 e. The van der Waals surface area contributed by atoms with Crippen molar-refractivity contribution in [2.24, 2.45) is 11.8 Å². The molecule has 0 aliphatic rings. The van der Waals surface area contributed by atoms with Crippen molar-refractivity contribution >= 4 is 12.0 Å². The van der Waals surface area contributed by atoms with Crippen molar-refractivity contribution in [1.29, 1.82) is 0 Å². The van der Waals surface area contributed by atoms with E-state index in [9.17, 15) is 9.59 Å². The molecule has 0 aliphatic heterocycles. The number of carboxylic acids is 1. The van der Waals surface area contributed by atoms with Gasteiger partial charge in [-0.2, -0.15) is 0 Å². The van der Waals surface area contributed by atoms with E-state index in [1.54, 1.807) is 4.90 Å². The Labute approximate surface area is 122 Å². The topological polar surface area (TPSA) is 69.6 Å². The molecule has 0 aliphatic carbocycles. The van der Waals surface area contributed by atoms with Crippen molar-refractivity contribution in [3.63, 3.8) is 0 Å². The van der Waals surface area contributed by atoms with Crippen LogP contribution in [0.4, 0.5) is 4.79 Å². The molecule has 0 radical (unpaired) electrons. The Hall–Kier alpha value is -1.26. The Kier molecular flexibility index (Phi) is 9.86. The summed E-state index contributed by atoms with van der Waals surface area (Å²) in [6, 6.07) is -0.140. The molecule has 1 atom stereocenters. The summed E-state index contributed by atoms with van der Waals surface area (Å²) >= 11 is 0. The first-order chi connectivity index (χ1) is 9.43. The fourth-order valence-corrected chi connectivity index (χ4v) is 1.93. The van der Waals surface area contributed by atoms with E-state index in [0.29, 0.717) is 0 Å². The van der Waals surface area contributed by atoms with Crippen molar-refractivity contribution in [3.05, 3.63) is 0 Å². The van der Waals surface area contributed by atoms with E-state index >= 15 is 0 Å². The molecule has 0 spiro atoms. The summed E-state index contributed by atoms with van der Waals surface area (Å²) < 4.78 is 0. The second-order valence-corrected chi connectivity index (χ2v) is 5.57. The number of rotatable bonds is 10. The summed E-state index contributed by atoms with van der Waals surface area (Å²) in [5.74, 6) is -1.38. The number of unbranched alkanes of at least 4 members (excludes halogenated alkanes) is 2. The van der Waals surface area contributed by atoms with E-state index in [1.165, 1.54) is 0 Å². The van der Waals surface area contributed by atoms with E-state index in [2.05, 4.69) is 19.2 Å². The Balaban J connectivity index is 4.38. The Morgan fingerprint density at radius 1 is 1.10 bits per heavy atom. The standard InChI is InChI=1S/C15H30N2O3/c1-5-7-9-17(10-8-6-2)15(20)16-11-13(12(3)4)14(18)19/h12-13H,5-11H2,1-4H3,(H,16,20)(H,18,19). The maximum atomic E-state index is 12.1. The largest absolute Gasteiger partial charge is 0.481 e. The van der Waals surface area contributed by atoms with Crippen LogP contribution in [0.3, 0.4) is 0 Å². The number of hydrogen-bond acceptors (Lipinski definition) is 2. The number of amides is 2. The Bertz CT molecular complexity index is 285. The van der Waals surface area contributed by atoms with Gasteiger partial charge in [-0.05, 0) is 18.8 Å². The van der Waals surface area contributed by atoms with Crippen LogP contribution in [-0.2, 0) is 4.79 Å². The van der Waals surface area contributed by atoms with Gasteiger partial charge < -0.3 is 15.3 Å².